The lowest BCUT2D eigenvalue weighted by atomic mass is 9.81. The third-order valence-corrected chi connectivity index (χ3v) is 3.77. The Morgan fingerprint density at radius 2 is 2.18 bits per heavy atom. The van der Waals surface area contributed by atoms with Crippen LogP contribution in [0.5, 0.6) is 0 Å². The molecule has 2 unspecified atom stereocenters. The number of rotatable bonds is 2. The Morgan fingerprint density at radius 1 is 1.41 bits per heavy atom. The van der Waals surface area contributed by atoms with E-state index in [1.54, 1.807) is 0 Å². The van der Waals surface area contributed by atoms with Crippen molar-refractivity contribution in [1.29, 1.82) is 0 Å². The summed E-state index contributed by atoms with van der Waals surface area (Å²) in [4.78, 5) is 0. The molecule has 2 atom stereocenters. The first kappa shape index (κ1) is 12.6. The summed E-state index contributed by atoms with van der Waals surface area (Å²) >= 11 is 0. The van der Waals surface area contributed by atoms with E-state index in [0.717, 1.165) is 12.0 Å². The normalized spacial score (nSPS) is 29.3. The summed E-state index contributed by atoms with van der Waals surface area (Å²) in [6.07, 6.45) is 2.57. The van der Waals surface area contributed by atoms with Gasteiger partial charge in [-0.25, -0.2) is 0 Å². The van der Waals surface area contributed by atoms with E-state index in [9.17, 15) is 5.11 Å². The van der Waals surface area contributed by atoms with Crippen molar-refractivity contribution in [2.45, 2.75) is 51.7 Å². The standard InChI is InChI=1S/C15H22O2/c1-4-13-10-15(16,7-8-17-13)14-6-5-11(2)9-12(14)3/h5-6,9,13,16H,4,7-8,10H2,1-3H3. The van der Waals surface area contributed by atoms with E-state index in [1.807, 2.05) is 0 Å². The van der Waals surface area contributed by atoms with E-state index in [0.29, 0.717) is 19.4 Å². The van der Waals surface area contributed by atoms with Crippen LogP contribution in [0.4, 0.5) is 0 Å². The maximum atomic E-state index is 10.8. The molecule has 1 aliphatic rings. The van der Waals surface area contributed by atoms with Gasteiger partial charge in [-0.15, -0.1) is 0 Å². The molecule has 2 nitrogen and oxygen atoms in total. The van der Waals surface area contributed by atoms with Crippen molar-refractivity contribution >= 4 is 0 Å². The molecule has 1 saturated heterocycles. The lowest BCUT2D eigenvalue weighted by Gasteiger charge is -2.38. The maximum Gasteiger partial charge on any atom is 0.0945 e. The molecule has 0 aromatic heterocycles. The molecule has 2 heteroatoms. The monoisotopic (exact) mass is 234 g/mol. The number of benzene rings is 1. The van der Waals surface area contributed by atoms with Crippen molar-refractivity contribution in [1.82, 2.24) is 0 Å². The van der Waals surface area contributed by atoms with Crippen molar-refractivity contribution in [3.8, 4) is 0 Å². The third-order valence-electron chi connectivity index (χ3n) is 3.77. The summed E-state index contributed by atoms with van der Waals surface area (Å²) in [6, 6.07) is 6.29. The molecule has 0 spiro atoms. The van der Waals surface area contributed by atoms with Crippen LogP contribution in [0.3, 0.4) is 0 Å². The van der Waals surface area contributed by atoms with Gasteiger partial charge in [0, 0.05) is 12.8 Å². The summed E-state index contributed by atoms with van der Waals surface area (Å²) in [5.74, 6) is 0. The van der Waals surface area contributed by atoms with Gasteiger partial charge in [-0.2, -0.15) is 0 Å². The predicted octanol–water partition coefficient (Wildman–Crippen LogP) is 3.08. The van der Waals surface area contributed by atoms with Gasteiger partial charge in [0.25, 0.3) is 0 Å². The van der Waals surface area contributed by atoms with E-state index in [1.165, 1.54) is 11.1 Å². The predicted molar refractivity (Wildman–Crippen MR) is 69.1 cm³/mol. The van der Waals surface area contributed by atoms with Crippen molar-refractivity contribution in [3.63, 3.8) is 0 Å². The van der Waals surface area contributed by atoms with Crippen LogP contribution in [0, 0.1) is 13.8 Å². The average Bonchev–Trinajstić information content (AvgIpc) is 2.28. The van der Waals surface area contributed by atoms with Crippen molar-refractivity contribution in [2.24, 2.45) is 0 Å². The van der Waals surface area contributed by atoms with Gasteiger partial charge in [0.05, 0.1) is 18.3 Å². The van der Waals surface area contributed by atoms with Gasteiger partial charge in [-0.3, -0.25) is 0 Å². The highest BCUT2D eigenvalue weighted by Crippen LogP contribution is 2.37. The van der Waals surface area contributed by atoms with Crippen LogP contribution >= 0.6 is 0 Å². The molecule has 0 saturated carbocycles. The minimum absolute atomic E-state index is 0.189. The molecule has 1 fully saturated rings. The van der Waals surface area contributed by atoms with E-state index >= 15 is 0 Å². The largest absolute Gasteiger partial charge is 0.385 e. The minimum atomic E-state index is -0.698. The molecule has 1 aromatic rings. The van der Waals surface area contributed by atoms with Gasteiger partial charge in [0.2, 0.25) is 0 Å². The third kappa shape index (κ3) is 2.53. The van der Waals surface area contributed by atoms with Gasteiger partial charge < -0.3 is 9.84 Å². The van der Waals surface area contributed by atoms with Gasteiger partial charge in [0.1, 0.15) is 0 Å². The Kier molecular flexibility index (Phi) is 3.55. The van der Waals surface area contributed by atoms with Gasteiger partial charge in [-0.1, -0.05) is 30.7 Å². The summed E-state index contributed by atoms with van der Waals surface area (Å²) in [5, 5.41) is 10.8. The molecular formula is C15H22O2. The van der Waals surface area contributed by atoms with Crippen LogP contribution < -0.4 is 0 Å². The van der Waals surface area contributed by atoms with E-state index < -0.39 is 5.60 Å². The molecular weight excluding hydrogens is 212 g/mol. The van der Waals surface area contributed by atoms with E-state index in [2.05, 4.69) is 39.0 Å². The summed E-state index contributed by atoms with van der Waals surface area (Å²) in [5.41, 5.74) is 2.81. The Labute approximate surface area is 104 Å². The molecule has 0 amide bonds. The molecule has 0 radical (unpaired) electrons. The fraction of sp³-hybridized carbons (Fsp3) is 0.600. The molecule has 17 heavy (non-hydrogen) atoms. The molecule has 1 aromatic carbocycles. The molecule has 1 aliphatic heterocycles. The molecule has 0 aliphatic carbocycles. The first-order valence-corrected chi connectivity index (χ1v) is 6.47. The Balaban J connectivity index is 2.30. The maximum absolute atomic E-state index is 10.8. The molecule has 1 heterocycles. The molecule has 94 valence electrons. The van der Waals surface area contributed by atoms with Crippen LogP contribution in [-0.2, 0) is 10.3 Å². The summed E-state index contributed by atoms with van der Waals surface area (Å²) in [6.45, 7) is 6.93. The number of aliphatic hydroxyl groups is 1. The first-order chi connectivity index (χ1) is 8.05. The van der Waals surface area contributed by atoms with Crippen LogP contribution in [0.15, 0.2) is 18.2 Å². The van der Waals surface area contributed by atoms with Crippen molar-refractivity contribution in [3.05, 3.63) is 34.9 Å². The fourth-order valence-electron chi connectivity index (χ4n) is 2.77. The molecule has 1 N–H and O–H groups in total. The SMILES string of the molecule is CCC1CC(O)(c2ccc(C)cc2C)CCO1. The second-order valence-electron chi connectivity index (χ2n) is 5.21. The Hall–Kier alpha value is -0.860. The Bertz CT molecular complexity index is 400. The summed E-state index contributed by atoms with van der Waals surface area (Å²) in [7, 11) is 0. The van der Waals surface area contributed by atoms with Crippen LogP contribution in [0.25, 0.3) is 0 Å². The molecule has 2 rings (SSSR count). The quantitative estimate of drug-likeness (QED) is 0.852. The van der Waals surface area contributed by atoms with Crippen LogP contribution in [0.2, 0.25) is 0 Å². The number of hydrogen-bond acceptors (Lipinski definition) is 2. The van der Waals surface area contributed by atoms with Gasteiger partial charge in [-0.05, 0) is 31.4 Å². The second kappa shape index (κ2) is 4.79. The number of aryl methyl sites for hydroxylation is 2. The van der Waals surface area contributed by atoms with Crippen LogP contribution in [-0.4, -0.2) is 17.8 Å². The van der Waals surface area contributed by atoms with Crippen molar-refractivity contribution < 1.29 is 9.84 Å². The zero-order valence-corrected chi connectivity index (χ0v) is 11.0. The zero-order chi connectivity index (χ0) is 12.5. The fourth-order valence-corrected chi connectivity index (χ4v) is 2.77. The highest BCUT2D eigenvalue weighted by atomic mass is 16.5. The summed E-state index contributed by atoms with van der Waals surface area (Å²) < 4.78 is 5.65. The smallest absolute Gasteiger partial charge is 0.0945 e. The second-order valence-corrected chi connectivity index (χ2v) is 5.21. The number of ether oxygens (including phenoxy) is 1. The van der Waals surface area contributed by atoms with Gasteiger partial charge >= 0.3 is 0 Å². The topological polar surface area (TPSA) is 29.5 Å². The van der Waals surface area contributed by atoms with Gasteiger partial charge in [0.15, 0.2) is 0 Å². The lowest BCUT2D eigenvalue weighted by Crippen LogP contribution is -2.38. The van der Waals surface area contributed by atoms with E-state index in [4.69, 9.17) is 4.74 Å². The van der Waals surface area contributed by atoms with Crippen molar-refractivity contribution in [2.75, 3.05) is 6.61 Å². The zero-order valence-electron chi connectivity index (χ0n) is 11.0. The minimum Gasteiger partial charge on any atom is -0.385 e. The first-order valence-electron chi connectivity index (χ1n) is 6.47. The highest BCUT2D eigenvalue weighted by Gasteiger charge is 2.36. The highest BCUT2D eigenvalue weighted by molar-refractivity contribution is 5.35. The molecule has 0 bridgehead atoms. The Morgan fingerprint density at radius 3 is 2.82 bits per heavy atom. The average molecular weight is 234 g/mol. The number of hydrogen-bond donors (Lipinski definition) is 1. The van der Waals surface area contributed by atoms with Crippen LogP contribution in [0.1, 0.15) is 42.9 Å². The lowest BCUT2D eigenvalue weighted by molar-refractivity contribution is -0.108. The van der Waals surface area contributed by atoms with E-state index in [-0.39, 0.29) is 6.10 Å².